The molecular weight excluding hydrogens is 280 g/mol. The van der Waals surface area contributed by atoms with Crippen molar-refractivity contribution in [2.75, 3.05) is 13.2 Å². The van der Waals surface area contributed by atoms with E-state index >= 15 is 0 Å². The van der Waals surface area contributed by atoms with Gasteiger partial charge in [-0.1, -0.05) is 57.6 Å². The molecule has 0 aromatic heterocycles. The van der Waals surface area contributed by atoms with Crippen LogP contribution in [0.2, 0.25) is 0 Å². The van der Waals surface area contributed by atoms with Crippen molar-refractivity contribution < 1.29 is 14.3 Å². The van der Waals surface area contributed by atoms with Crippen molar-refractivity contribution in [1.29, 1.82) is 0 Å². The summed E-state index contributed by atoms with van der Waals surface area (Å²) in [4.78, 5) is 21.5. The number of amides is 2. The van der Waals surface area contributed by atoms with Gasteiger partial charge in [-0.3, -0.25) is 4.79 Å². The third-order valence-corrected chi connectivity index (χ3v) is 3.31. The van der Waals surface area contributed by atoms with E-state index in [2.05, 4.69) is 29.1 Å². The second-order valence-electron chi connectivity index (χ2n) is 5.47. The number of alkyl carbamates (subject to hydrolysis) is 1. The summed E-state index contributed by atoms with van der Waals surface area (Å²) in [5.74, 6) is -0.642. The number of carbonyl (C=O) groups excluding carboxylic acids is 2. The van der Waals surface area contributed by atoms with Gasteiger partial charge < -0.3 is 15.8 Å². The molecule has 0 aliphatic heterocycles. The first-order chi connectivity index (χ1) is 10.7. The van der Waals surface area contributed by atoms with E-state index < -0.39 is 12.0 Å². The van der Waals surface area contributed by atoms with Gasteiger partial charge in [-0.25, -0.2) is 4.79 Å². The van der Waals surface area contributed by atoms with Gasteiger partial charge in [-0.05, 0) is 25.7 Å². The first-order valence-electron chi connectivity index (χ1n) is 8.50. The maximum atomic E-state index is 11.1. The topological polar surface area (TPSA) is 81.4 Å². The molecule has 5 heteroatoms. The summed E-state index contributed by atoms with van der Waals surface area (Å²) in [6.45, 7) is 2.39. The Morgan fingerprint density at radius 2 is 1.55 bits per heavy atom. The number of primary amides is 1. The summed E-state index contributed by atoms with van der Waals surface area (Å²) in [5.41, 5.74) is 4.87. The lowest BCUT2D eigenvalue weighted by Crippen LogP contribution is -2.29. The number of allylic oxidation sites excluding steroid dienone is 2. The minimum absolute atomic E-state index is 0.361. The van der Waals surface area contributed by atoms with E-state index in [0.29, 0.717) is 6.54 Å². The van der Waals surface area contributed by atoms with Crippen LogP contribution in [0.5, 0.6) is 0 Å². The second-order valence-corrected chi connectivity index (χ2v) is 5.47. The van der Waals surface area contributed by atoms with Gasteiger partial charge in [0.05, 0.1) is 0 Å². The van der Waals surface area contributed by atoms with Crippen molar-refractivity contribution in [1.82, 2.24) is 5.32 Å². The Labute approximate surface area is 134 Å². The van der Waals surface area contributed by atoms with Crippen molar-refractivity contribution in [2.45, 2.75) is 71.1 Å². The molecule has 0 fully saturated rings. The average molecular weight is 312 g/mol. The van der Waals surface area contributed by atoms with Crippen LogP contribution in [0.4, 0.5) is 4.79 Å². The number of hydrogen-bond donors (Lipinski definition) is 2. The van der Waals surface area contributed by atoms with E-state index in [1.165, 1.54) is 44.9 Å². The third-order valence-electron chi connectivity index (χ3n) is 3.31. The van der Waals surface area contributed by atoms with Gasteiger partial charge in [-0.2, -0.15) is 0 Å². The van der Waals surface area contributed by atoms with Crippen molar-refractivity contribution in [3.63, 3.8) is 0 Å². The molecule has 2 amide bonds. The summed E-state index contributed by atoms with van der Waals surface area (Å²) in [7, 11) is 0. The van der Waals surface area contributed by atoms with Crippen molar-refractivity contribution >= 4 is 12.0 Å². The van der Waals surface area contributed by atoms with Crippen LogP contribution < -0.4 is 11.1 Å². The van der Waals surface area contributed by atoms with E-state index in [1.807, 2.05) is 0 Å². The lowest BCUT2D eigenvalue weighted by atomic mass is 10.1. The Bertz CT molecular complexity index is 317. The normalized spacial score (nSPS) is 10.8. The molecule has 0 aromatic rings. The molecule has 0 saturated carbocycles. The zero-order chi connectivity index (χ0) is 16.5. The van der Waals surface area contributed by atoms with E-state index in [9.17, 15) is 9.59 Å². The SMILES string of the molecule is CC/C=C\CCCCCCCCCCNC(=O)OCC(N)=O. The fourth-order valence-corrected chi connectivity index (χ4v) is 2.11. The second kappa shape index (κ2) is 15.9. The Kier molecular flexibility index (Phi) is 14.8. The fraction of sp³-hybridized carbons (Fsp3) is 0.765. The highest BCUT2D eigenvalue weighted by Gasteiger charge is 2.02. The van der Waals surface area contributed by atoms with Crippen LogP contribution in [0.25, 0.3) is 0 Å². The minimum Gasteiger partial charge on any atom is -0.439 e. The van der Waals surface area contributed by atoms with Crippen molar-refractivity contribution in [3.05, 3.63) is 12.2 Å². The molecule has 0 radical (unpaired) electrons. The smallest absolute Gasteiger partial charge is 0.407 e. The quantitative estimate of drug-likeness (QED) is 0.379. The van der Waals surface area contributed by atoms with Crippen molar-refractivity contribution in [3.8, 4) is 0 Å². The number of ether oxygens (including phenoxy) is 1. The summed E-state index contributed by atoms with van der Waals surface area (Å²) in [6, 6.07) is 0. The number of unbranched alkanes of at least 4 members (excludes halogenated alkanes) is 8. The fourth-order valence-electron chi connectivity index (χ4n) is 2.11. The number of carbonyl (C=O) groups is 2. The van der Waals surface area contributed by atoms with Gasteiger partial charge in [0, 0.05) is 6.54 Å². The summed E-state index contributed by atoms with van der Waals surface area (Å²) < 4.78 is 4.58. The molecule has 0 spiro atoms. The maximum Gasteiger partial charge on any atom is 0.407 e. The number of nitrogens with one attached hydrogen (secondary N) is 1. The number of rotatable bonds is 14. The van der Waals surface area contributed by atoms with Gasteiger partial charge in [0.25, 0.3) is 5.91 Å². The third kappa shape index (κ3) is 16.5. The van der Waals surface area contributed by atoms with E-state index in [4.69, 9.17) is 5.73 Å². The number of hydrogen-bond acceptors (Lipinski definition) is 3. The largest absolute Gasteiger partial charge is 0.439 e. The predicted octanol–water partition coefficient (Wildman–Crippen LogP) is 3.68. The van der Waals surface area contributed by atoms with Gasteiger partial charge in [0.2, 0.25) is 0 Å². The first-order valence-corrected chi connectivity index (χ1v) is 8.50. The molecule has 3 N–H and O–H groups in total. The molecule has 5 nitrogen and oxygen atoms in total. The van der Waals surface area contributed by atoms with Crippen LogP contribution >= 0.6 is 0 Å². The molecule has 22 heavy (non-hydrogen) atoms. The van der Waals surface area contributed by atoms with Gasteiger partial charge in [-0.15, -0.1) is 0 Å². The Hall–Kier alpha value is -1.52. The Balaban J connectivity index is 3.15. The Morgan fingerprint density at radius 1 is 0.955 bits per heavy atom. The van der Waals surface area contributed by atoms with Crippen LogP contribution in [0.1, 0.15) is 71.1 Å². The zero-order valence-electron chi connectivity index (χ0n) is 13.9. The van der Waals surface area contributed by atoms with Crippen molar-refractivity contribution in [2.24, 2.45) is 5.73 Å². The van der Waals surface area contributed by atoms with Gasteiger partial charge >= 0.3 is 6.09 Å². The molecule has 0 atom stereocenters. The highest BCUT2D eigenvalue weighted by molar-refractivity contribution is 5.78. The van der Waals surface area contributed by atoms with Gasteiger partial charge in [0.15, 0.2) is 6.61 Å². The van der Waals surface area contributed by atoms with Crippen LogP contribution in [0.15, 0.2) is 12.2 Å². The Morgan fingerprint density at radius 3 is 2.14 bits per heavy atom. The van der Waals surface area contributed by atoms with Crippen LogP contribution in [-0.4, -0.2) is 25.2 Å². The van der Waals surface area contributed by atoms with Gasteiger partial charge in [0.1, 0.15) is 0 Å². The molecule has 0 heterocycles. The van der Waals surface area contributed by atoms with Crippen LogP contribution in [0.3, 0.4) is 0 Å². The summed E-state index contributed by atoms with van der Waals surface area (Å²) >= 11 is 0. The lowest BCUT2D eigenvalue weighted by molar-refractivity contribution is -0.120. The molecule has 0 aromatic carbocycles. The molecule has 0 saturated heterocycles. The molecular formula is C17H32N2O3. The predicted molar refractivity (Wildman–Crippen MR) is 89.5 cm³/mol. The first kappa shape index (κ1) is 20.5. The molecule has 0 aliphatic rings. The zero-order valence-corrected chi connectivity index (χ0v) is 13.9. The number of nitrogens with two attached hydrogens (primary N) is 1. The molecule has 0 aliphatic carbocycles. The van der Waals surface area contributed by atoms with E-state index in [0.717, 1.165) is 19.3 Å². The molecule has 0 rings (SSSR count). The highest BCUT2D eigenvalue weighted by atomic mass is 16.6. The highest BCUT2D eigenvalue weighted by Crippen LogP contribution is 2.09. The van der Waals surface area contributed by atoms with E-state index in [1.54, 1.807) is 0 Å². The monoisotopic (exact) mass is 312 g/mol. The van der Waals surface area contributed by atoms with E-state index in [-0.39, 0.29) is 6.61 Å². The summed E-state index contributed by atoms with van der Waals surface area (Å²) in [5, 5.41) is 2.60. The molecule has 0 bridgehead atoms. The van der Waals surface area contributed by atoms with Crippen LogP contribution in [-0.2, 0) is 9.53 Å². The summed E-state index contributed by atoms with van der Waals surface area (Å²) in [6.07, 6.45) is 16.0. The molecule has 128 valence electrons. The lowest BCUT2D eigenvalue weighted by Gasteiger charge is -2.05. The minimum atomic E-state index is -0.642. The maximum absolute atomic E-state index is 11.1. The standard InChI is InChI=1S/C17H32N2O3/c1-2-3-4-5-6-7-8-9-10-11-12-13-14-19-17(21)22-15-16(18)20/h3-4H,2,5-15H2,1H3,(H2,18,20)(H,19,21)/b4-3-. The van der Waals surface area contributed by atoms with Crippen LogP contribution in [0, 0.1) is 0 Å². The average Bonchev–Trinajstić information content (AvgIpc) is 2.49. The molecule has 0 unspecified atom stereocenters.